The molecule has 106 valence electrons. The molecule has 0 aromatic heterocycles. The molecule has 2 aromatic carbocycles. The lowest BCUT2D eigenvalue weighted by Gasteiger charge is -2.18. The summed E-state index contributed by atoms with van der Waals surface area (Å²) in [6.45, 7) is 8.81. The van der Waals surface area contributed by atoms with Crippen LogP contribution in [-0.2, 0) is 4.79 Å². The van der Waals surface area contributed by atoms with Crippen LogP contribution in [0.3, 0.4) is 0 Å². The van der Waals surface area contributed by atoms with Gasteiger partial charge in [-0.2, -0.15) is 0 Å². The van der Waals surface area contributed by atoms with Gasteiger partial charge in [-0.25, -0.2) is 9.84 Å². The van der Waals surface area contributed by atoms with Gasteiger partial charge in [0.1, 0.15) is 11.5 Å². The number of carbonyl (C=O) groups is 1. The topological polar surface area (TPSA) is 37.0 Å². The van der Waals surface area contributed by atoms with Crippen LogP contribution in [0.2, 0.25) is 0 Å². The van der Waals surface area contributed by atoms with E-state index in [2.05, 4.69) is 9.84 Å². The van der Waals surface area contributed by atoms with E-state index >= 15 is 0 Å². The maximum Gasteiger partial charge on any atom is 0.282 e. The standard InChI is InChI=1S/C18H13N3O/c1-3-16-18(22)21(15-11-9-14(19-2)10-12-15)17(20-16)13-7-5-4-6-8-13/h3-12H,1H3/b16-3-. The first-order valence-corrected chi connectivity index (χ1v) is 6.87. The number of aliphatic imine (C=N–C) groups is 1. The van der Waals surface area contributed by atoms with Gasteiger partial charge in [0.2, 0.25) is 0 Å². The van der Waals surface area contributed by atoms with E-state index in [4.69, 9.17) is 6.57 Å². The molecule has 0 saturated heterocycles. The van der Waals surface area contributed by atoms with Gasteiger partial charge in [-0.15, -0.1) is 0 Å². The molecule has 1 aliphatic rings. The summed E-state index contributed by atoms with van der Waals surface area (Å²) < 4.78 is 0. The van der Waals surface area contributed by atoms with Gasteiger partial charge < -0.3 is 0 Å². The molecule has 0 radical (unpaired) electrons. The zero-order chi connectivity index (χ0) is 15.5. The van der Waals surface area contributed by atoms with E-state index in [-0.39, 0.29) is 5.91 Å². The Morgan fingerprint density at radius 3 is 2.36 bits per heavy atom. The van der Waals surface area contributed by atoms with Crippen molar-refractivity contribution in [3.8, 4) is 0 Å². The lowest BCUT2D eigenvalue weighted by molar-refractivity contribution is -0.113. The molecule has 22 heavy (non-hydrogen) atoms. The van der Waals surface area contributed by atoms with Gasteiger partial charge in [-0.1, -0.05) is 48.5 Å². The van der Waals surface area contributed by atoms with Crippen LogP contribution in [0.15, 0.2) is 71.4 Å². The highest BCUT2D eigenvalue weighted by molar-refractivity contribution is 6.32. The van der Waals surface area contributed by atoms with Gasteiger partial charge in [0.05, 0.1) is 6.57 Å². The van der Waals surface area contributed by atoms with Crippen LogP contribution in [0.4, 0.5) is 11.4 Å². The minimum absolute atomic E-state index is 0.156. The van der Waals surface area contributed by atoms with Gasteiger partial charge in [0.25, 0.3) is 5.91 Å². The molecule has 1 aliphatic heterocycles. The van der Waals surface area contributed by atoms with Crippen molar-refractivity contribution < 1.29 is 4.79 Å². The number of rotatable bonds is 2. The molecule has 0 spiro atoms. The average Bonchev–Trinajstić information content (AvgIpc) is 2.92. The SMILES string of the molecule is [C-]#[N+]c1ccc(N2C(=O)/C(=C/C)N=C2c2ccccc2)cc1. The van der Waals surface area contributed by atoms with Crippen molar-refractivity contribution in [2.24, 2.45) is 4.99 Å². The Kier molecular flexibility index (Phi) is 3.55. The van der Waals surface area contributed by atoms with Crippen molar-refractivity contribution in [2.75, 3.05) is 4.90 Å². The maximum absolute atomic E-state index is 12.6. The van der Waals surface area contributed by atoms with E-state index in [1.54, 1.807) is 42.2 Å². The fourth-order valence-corrected chi connectivity index (χ4v) is 2.31. The lowest BCUT2D eigenvalue weighted by Crippen LogP contribution is -2.32. The molecular formula is C18H13N3O. The van der Waals surface area contributed by atoms with Crippen LogP contribution in [0.5, 0.6) is 0 Å². The Labute approximate surface area is 128 Å². The number of hydrogen-bond donors (Lipinski definition) is 0. The summed E-state index contributed by atoms with van der Waals surface area (Å²) in [6.07, 6.45) is 1.71. The highest BCUT2D eigenvalue weighted by Crippen LogP contribution is 2.28. The van der Waals surface area contributed by atoms with Crippen molar-refractivity contribution in [3.05, 3.63) is 83.4 Å². The van der Waals surface area contributed by atoms with E-state index in [1.807, 2.05) is 30.3 Å². The highest BCUT2D eigenvalue weighted by atomic mass is 16.2. The van der Waals surface area contributed by atoms with E-state index in [0.29, 0.717) is 22.9 Å². The van der Waals surface area contributed by atoms with Gasteiger partial charge in [0, 0.05) is 11.3 Å². The molecule has 1 amide bonds. The Morgan fingerprint density at radius 1 is 1.09 bits per heavy atom. The van der Waals surface area contributed by atoms with E-state index in [1.165, 1.54) is 0 Å². The molecule has 0 saturated carbocycles. The summed E-state index contributed by atoms with van der Waals surface area (Å²) in [5.41, 5.74) is 2.55. The Bertz CT molecular complexity index is 812. The highest BCUT2D eigenvalue weighted by Gasteiger charge is 2.31. The lowest BCUT2D eigenvalue weighted by atomic mass is 10.1. The first kappa shape index (κ1) is 13.8. The van der Waals surface area contributed by atoms with Crippen molar-refractivity contribution >= 4 is 23.1 Å². The van der Waals surface area contributed by atoms with Gasteiger partial charge in [-0.05, 0) is 19.1 Å². The second-order valence-corrected chi connectivity index (χ2v) is 4.74. The monoisotopic (exact) mass is 287 g/mol. The van der Waals surface area contributed by atoms with Gasteiger partial charge >= 0.3 is 0 Å². The fourth-order valence-electron chi connectivity index (χ4n) is 2.31. The number of anilines is 1. The first-order valence-electron chi connectivity index (χ1n) is 6.87. The number of nitrogens with zero attached hydrogens (tertiary/aromatic N) is 3. The summed E-state index contributed by atoms with van der Waals surface area (Å²) >= 11 is 0. The van der Waals surface area contributed by atoms with Crippen LogP contribution in [0, 0.1) is 6.57 Å². The Hall–Kier alpha value is -3.19. The molecule has 0 unspecified atom stereocenters. The Balaban J connectivity index is 2.09. The number of amidine groups is 1. The summed E-state index contributed by atoms with van der Waals surface area (Å²) in [5.74, 6) is 0.450. The second-order valence-electron chi connectivity index (χ2n) is 4.74. The fraction of sp³-hybridized carbons (Fsp3) is 0.0556. The first-order chi connectivity index (χ1) is 10.7. The van der Waals surface area contributed by atoms with Crippen molar-refractivity contribution in [3.63, 3.8) is 0 Å². The third-order valence-electron chi connectivity index (χ3n) is 3.40. The molecular weight excluding hydrogens is 274 g/mol. The molecule has 0 N–H and O–H groups in total. The largest absolute Gasteiger partial charge is 0.282 e. The molecule has 1 heterocycles. The van der Waals surface area contributed by atoms with E-state index in [9.17, 15) is 4.79 Å². The minimum Gasteiger partial charge on any atom is -0.266 e. The predicted octanol–water partition coefficient (Wildman–Crippen LogP) is 3.93. The third kappa shape index (κ3) is 2.29. The van der Waals surface area contributed by atoms with Gasteiger partial charge in [0.15, 0.2) is 5.69 Å². The smallest absolute Gasteiger partial charge is 0.266 e. The molecule has 0 bridgehead atoms. The van der Waals surface area contributed by atoms with Crippen LogP contribution in [0.1, 0.15) is 12.5 Å². The minimum atomic E-state index is -0.156. The summed E-state index contributed by atoms with van der Waals surface area (Å²) in [5, 5.41) is 0. The van der Waals surface area contributed by atoms with Gasteiger partial charge in [-0.3, -0.25) is 9.69 Å². The molecule has 3 rings (SSSR count). The molecule has 0 fully saturated rings. The average molecular weight is 287 g/mol. The number of carbonyl (C=O) groups excluding carboxylic acids is 1. The molecule has 0 atom stereocenters. The number of amides is 1. The van der Waals surface area contributed by atoms with Crippen LogP contribution in [-0.4, -0.2) is 11.7 Å². The Morgan fingerprint density at radius 2 is 1.77 bits per heavy atom. The summed E-state index contributed by atoms with van der Waals surface area (Å²) in [7, 11) is 0. The third-order valence-corrected chi connectivity index (χ3v) is 3.40. The van der Waals surface area contributed by atoms with Crippen molar-refractivity contribution in [2.45, 2.75) is 6.92 Å². The second kappa shape index (κ2) is 5.66. The molecule has 2 aromatic rings. The summed E-state index contributed by atoms with van der Waals surface area (Å²) in [4.78, 5) is 22.0. The maximum atomic E-state index is 12.6. The van der Waals surface area contributed by atoms with Crippen LogP contribution >= 0.6 is 0 Å². The number of hydrogen-bond acceptors (Lipinski definition) is 2. The van der Waals surface area contributed by atoms with Crippen molar-refractivity contribution in [1.82, 2.24) is 0 Å². The van der Waals surface area contributed by atoms with Crippen LogP contribution < -0.4 is 4.90 Å². The molecule has 0 aliphatic carbocycles. The zero-order valence-electron chi connectivity index (χ0n) is 12.0. The molecule has 4 heteroatoms. The predicted molar refractivity (Wildman–Crippen MR) is 86.9 cm³/mol. The van der Waals surface area contributed by atoms with Crippen molar-refractivity contribution in [1.29, 1.82) is 0 Å². The number of allylic oxidation sites excluding steroid dienone is 1. The summed E-state index contributed by atoms with van der Waals surface area (Å²) in [6, 6.07) is 16.5. The number of benzene rings is 2. The quantitative estimate of drug-likeness (QED) is 0.609. The molecule has 4 nitrogen and oxygen atoms in total. The zero-order valence-corrected chi connectivity index (χ0v) is 12.0. The normalized spacial score (nSPS) is 15.8. The van der Waals surface area contributed by atoms with E-state index in [0.717, 1.165) is 5.56 Å². The van der Waals surface area contributed by atoms with E-state index < -0.39 is 0 Å². The van der Waals surface area contributed by atoms with Crippen LogP contribution in [0.25, 0.3) is 4.85 Å².